The van der Waals surface area contributed by atoms with E-state index in [1.807, 2.05) is 12.1 Å². The first kappa shape index (κ1) is 16.1. The first-order chi connectivity index (χ1) is 13.3. The lowest BCUT2D eigenvalue weighted by atomic mass is 9.85. The largest absolute Gasteiger partial charge is 0.0836 e. The van der Waals surface area contributed by atoms with Gasteiger partial charge in [-0.05, 0) is 44.5 Å². The van der Waals surface area contributed by atoms with E-state index in [1.165, 1.54) is 38.4 Å². The third kappa shape index (κ3) is 2.61. The number of hydrogen-bond donors (Lipinski definition) is 0. The van der Waals surface area contributed by atoms with Gasteiger partial charge in [0, 0.05) is 10.4 Å². The van der Waals surface area contributed by atoms with Gasteiger partial charge >= 0.3 is 0 Å². The van der Waals surface area contributed by atoms with Crippen molar-refractivity contribution in [3.63, 3.8) is 0 Å². The van der Waals surface area contributed by atoms with Gasteiger partial charge in [0.1, 0.15) is 0 Å². The molecule has 5 aromatic rings. The number of benzene rings is 5. The fourth-order valence-electron chi connectivity index (χ4n) is 4.00. The zero-order chi connectivity index (χ0) is 18.2. The Balaban J connectivity index is 2.08. The van der Waals surface area contributed by atoms with Gasteiger partial charge in [0.05, 0.1) is 0 Å². The Morgan fingerprint density at radius 1 is 0.407 bits per heavy atom. The molecule has 0 aromatic heterocycles. The van der Waals surface area contributed by atoms with Crippen molar-refractivity contribution in [1.82, 2.24) is 0 Å². The Labute approximate surface area is 163 Å². The predicted octanol–water partition coefficient (Wildman–Crippen LogP) is 7.98. The molecule has 0 fully saturated rings. The molecule has 5 rings (SSSR count). The van der Waals surface area contributed by atoms with E-state index in [2.05, 4.69) is 91.0 Å². The van der Waals surface area contributed by atoms with Crippen LogP contribution >= 0.6 is 11.6 Å². The first-order valence-corrected chi connectivity index (χ1v) is 9.46. The van der Waals surface area contributed by atoms with E-state index in [1.54, 1.807) is 0 Å². The molecule has 5 aromatic carbocycles. The molecule has 0 spiro atoms. The normalized spacial score (nSPS) is 11.1. The third-order valence-corrected chi connectivity index (χ3v) is 5.44. The van der Waals surface area contributed by atoms with Crippen LogP contribution in [0.1, 0.15) is 0 Å². The van der Waals surface area contributed by atoms with E-state index in [4.69, 9.17) is 11.6 Å². The van der Waals surface area contributed by atoms with Gasteiger partial charge in [-0.3, -0.25) is 0 Å². The molecule has 0 heterocycles. The second-order valence-corrected chi connectivity index (χ2v) is 7.10. The van der Waals surface area contributed by atoms with Crippen molar-refractivity contribution in [3.8, 4) is 22.3 Å². The second-order valence-electron chi connectivity index (χ2n) is 6.69. The maximum absolute atomic E-state index is 6.69. The summed E-state index contributed by atoms with van der Waals surface area (Å²) in [4.78, 5) is 0. The second kappa shape index (κ2) is 6.57. The van der Waals surface area contributed by atoms with E-state index < -0.39 is 0 Å². The van der Waals surface area contributed by atoms with Crippen LogP contribution in [0.15, 0.2) is 103 Å². The molecule has 0 aliphatic rings. The Hall–Kier alpha value is -3.09. The molecule has 0 saturated carbocycles. The highest BCUT2D eigenvalue weighted by atomic mass is 35.5. The van der Waals surface area contributed by atoms with Crippen LogP contribution in [0.2, 0.25) is 5.02 Å². The lowest BCUT2D eigenvalue weighted by molar-refractivity contribution is 1.63. The van der Waals surface area contributed by atoms with E-state index in [-0.39, 0.29) is 0 Å². The Morgan fingerprint density at radius 3 is 1.52 bits per heavy atom. The molecule has 0 aliphatic carbocycles. The molecular formula is C26H17Cl. The molecule has 1 heteroatoms. The van der Waals surface area contributed by atoms with Crippen LogP contribution in [0.3, 0.4) is 0 Å². The number of rotatable bonds is 2. The average Bonchev–Trinajstić information content (AvgIpc) is 2.74. The maximum atomic E-state index is 6.69. The van der Waals surface area contributed by atoms with Crippen LogP contribution in [0.5, 0.6) is 0 Å². The zero-order valence-corrected chi connectivity index (χ0v) is 15.4. The lowest BCUT2D eigenvalue weighted by Crippen LogP contribution is -1.91. The van der Waals surface area contributed by atoms with Gasteiger partial charge in [-0.15, -0.1) is 0 Å². The van der Waals surface area contributed by atoms with Gasteiger partial charge in [0.25, 0.3) is 0 Å². The van der Waals surface area contributed by atoms with E-state index >= 15 is 0 Å². The molecule has 0 bridgehead atoms. The number of hydrogen-bond acceptors (Lipinski definition) is 0. The highest BCUT2D eigenvalue weighted by molar-refractivity contribution is 6.39. The SMILES string of the molecule is Clc1cccc2c(-c3ccccc3)c(-c3ccccc3)c3ccccc3c12. The molecule has 27 heavy (non-hydrogen) atoms. The summed E-state index contributed by atoms with van der Waals surface area (Å²) in [5.41, 5.74) is 4.91. The molecule has 0 atom stereocenters. The molecule has 128 valence electrons. The molecule has 0 radical (unpaired) electrons. The summed E-state index contributed by atoms with van der Waals surface area (Å²) in [7, 11) is 0. The molecule has 0 N–H and O–H groups in total. The summed E-state index contributed by atoms with van der Waals surface area (Å²) in [6, 6.07) is 36.0. The molecular weight excluding hydrogens is 348 g/mol. The van der Waals surface area contributed by atoms with Crippen molar-refractivity contribution in [2.75, 3.05) is 0 Å². The third-order valence-electron chi connectivity index (χ3n) is 5.12. The van der Waals surface area contributed by atoms with Crippen LogP contribution in [0.4, 0.5) is 0 Å². The van der Waals surface area contributed by atoms with Crippen molar-refractivity contribution >= 4 is 33.1 Å². The van der Waals surface area contributed by atoms with Gasteiger partial charge in [-0.1, -0.05) is 109 Å². The van der Waals surface area contributed by atoms with Crippen LogP contribution in [0, 0.1) is 0 Å². The summed E-state index contributed by atoms with van der Waals surface area (Å²) >= 11 is 6.69. The van der Waals surface area contributed by atoms with E-state index in [9.17, 15) is 0 Å². The maximum Gasteiger partial charge on any atom is 0.0490 e. The van der Waals surface area contributed by atoms with Gasteiger partial charge in [0.15, 0.2) is 0 Å². The predicted molar refractivity (Wildman–Crippen MR) is 117 cm³/mol. The van der Waals surface area contributed by atoms with Gasteiger partial charge in [0.2, 0.25) is 0 Å². The molecule has 0 nitrogen and oxygen atoms in total. The van der Waals surface area contributed by atoms with Crippen LogP contribution in [0.25, 0.3) is 43.8 Å². The van der Waals surface area contributed by atoms with Crippen LogP contribution < -0.4 is 0 Å². The molecule has 0 unspecified atom stereocenters. The quantitative estimate of drug-likeness (QED) is 0.278. The summed E-state index contributed by atoms with van der Waals surface area (Å²) in [6.45, 7) is 0. The minimum absolute atomic E-state index is 0.792. The van der Waals surface area contributed by atoms with Crippen LogP contribution in [-0.2, 0) is 0 Å². The fraction of sp³-hybridized carbons (Fsp3) is 0. The zero-order valence-electron chi connectivity index (χ0n) is 14.7. The van der Waals surface area contributed by atoms with Crippen molar-refractivity contribution in [2.24, 2.45) is 0 Å². The summed E-state index contributed by atoms with van der Waals surface area (Å²) in [5.74, 6) is 0. The highest BCUT2D eigenvalue weighted by Crippen LogP contribution is 2.45. The Bertz CT molecular complexity index is 1260. The first-order valence-electron chi connectivity index (χ1n) is 9.08. The smallest absolute Gasteiger partial charge is 0.0490 e. The molecule has 0 amide bonds. The topological polar surface area (TPSA) is 0 Å². The summed E-state index contributed by atoms with van der Waals surface area (Å²) in [6.07, 6.45) is 0. The lowest BCUT2D eigenvalue weighted by Gasteiger charge is -2.19. The van der Waals surface area contributed by atoms with Crippen molar-refractivity contribution in [3.05, 3.63) is 108 Å². The minimum Gasteiger partial charge on any atom is -0.0836 e. The molecule has 0 saturated heterocycles. The number of fused-ring (bicyclic) bond motifs is 3. The Kier molecular flexibility index (Phi) is 3.92. The van der Waals surface area contributed by atoms with Gasteiger partial charge in [-0.25, -0.2) is 0 Å². The molecule has 0 aliphatic heterocycles. The summed E-state index contributed by atoms with van der Waals surface area (Å²) < 4.78 is 0. The van der Waals surface area contributed by atoms with Gasteiger partial charge < -0.3 is 0 Å². The van der Waals surface area contributed by atoms with Crippen molar-refractivity contribution in [1.29, 1.82) is 0 Å². The minimum atomic E-state index is 0.792. The standard InChI is InChI=1S/C26H17Cl/c27-23-17-9-16-22-25(19-12-5-2-6-13-19)24(18-10-3-1-4-11-18)20-14-7-8-15-21(20)26(22)23/h1-17H. The highest BCUT2D eigenvalue weighted by Gasteiger charge is 2.18. The Morgan fingerprint density at radius 2 is 0.889 bits per heavy atom. The van der Waals surface area contributed by atoms with Crippen molar-refractivity contribution < 1.29 is 0 Å². The number of halogens is 1. The average molecular weight is 365 g/mol. The van der Waals surface area contributed by atoms with E-state index in [0.29, 0.717) is 0 Å². The van der Waals surface area contributed by atoms with Crippen LogP contribution in [-0.4, -0.2) is 0 Å². The van der Waals surface area contributed by atoms with E-state index in [0.717, 1.165) is 10.4 Å². The van der Waals surface area contributed by atoms with Crippen molar-refractivity contribution in [2.45, 2.75) is 0 Å². The van der Waals surface area contributed by atoms with Gasteiger partial charge in [-0.2, -0.15) is 0 Å². The monoisotopic (exact) mass is 364 g/mol. The summed E-state index contributed by atoms with van der Waals surface area (Å²) in [5, 5.41) is 5.51. The fourth-order valence-corrected chi connectivity index (χ4v) is 4.28.